The Hall–Kier alpha value is -0.220. The first-order valence-corrected chi connectivity index (χ1v) is 5.24. The van der Waals surface area contributed by atoms with E-state index >= 15 is 0 Å². The molecule has 1 aliphatic heterocycles. The largest absolute Gasteiger partial charge is 0.464 e. The molecule has 0 bridgehead atoms. The zero-order chi connectivity index (χ0) is 9.19. The fourth-order valence-electron chi connectivity index (χ4n) is 1.19. The molecule has 0 saturated carbocycles. The van der Waals surface area contributed by atoms with Gasteiger partial charge in [-0.05, 0) is 12.7 Å². The van der Waals surface area contributed by atoms with Gasteiger partial charge in [-0.15, -0.1) is 0 Å². The lowest BCUT2D eigenvalue weighted by molar-refractivity contribution is -0.165. The Morgan fingerprint density at radius 3 is 2.92 bits per heavy atom. The van der Waals surface area contributed by atoms with Crippen LogP contribution < -0.4 is 0 Å². The Morgan fingerprint density at radius 2 is 2.50 bits per heavy atom. The van der Waals surface area contributed by atoms with Gasteiger partial charge in [0.05, 0.1) is 6.61 Å². The number of aliphatic hydroxyl groups is 1. The third kappa shape index (κ3) is 1.59. The van der Waals surface area contributed by atoms with Crippen molar-refractivity contribution >= 4 is 17.7 Å². The summed E-state index contributed by atoms with van der Waals surface area (Å²) in [5, 5.41) is 9.86. The number of hydrogen-bond acceptors (Lipinski definition) is 4. The Morgan fingerprint density at radius 1 is 1.83 bits per heavy atom. The van der Waals surface area contributed by atoms with Gasteiger partial charge in [0.15, 0.2) is 5.60 Å². The molecule has 0 radical (unpaired) electrons. The average molecular weight is 190 g/mol. The lowest BCUT2D eigenvalue weighted by Crippen LogP contribution is -2.45. The number of hydrogen-bond donors (Lipinski definition) is 1. The third-order valence-corrected chi connectivity index (χ3v) is 3.51. The van der Waals surface area contributed by atoms with Crippen LogP contribution in [0.3, 0.4) is 0 Å². The Balaban J connectivity index is 2.63. The summed E-state index contributed by atoms with van der Waals surface area (Å²) in [5.41, 5.74) is -1.24. The third-order valence-electron chi connectivity index (χ3n) is 2.13. The summed E-state index contributed by atoms with van der Waals surface area (Å²) in [7, 11) is 0. The van der Waals surface area contributed by atoms with E-state index in [9.17, 15) is 9.90 Å². The number of carbonyl (C=O) groups is 1. The molecule has 2 atom stereocenters. The van der Waals surface area contributed by atoms with Gasteiger partial charge >= 0.3 is 5.97 Å². The highest BCUT2D eigenvalue weighted by atomic mass is 32.2. The van der Waals surface area contributed by atoms with E-state index in [2.05, 4.69) is 0 Å². The van der Waals surface area contributed by atoms with Crippen molar-refractivity contribution in [2.24, 2.45) is 5.92 Å². The van der Waals surface area contributed by atoms with Crippen LogP contribution in [0.4, 0.5) is 0 Å². The molecule has 3 nitrogen and oxygen atoms in total. The maximum Gasteiger partial charge on any atom is 0.339 e. The summed E-state index contributed by atoms with van der Waals surface area (Å²) in [6.07, 6.45) is 0. The van der Waals surface area contributed by atoms with Crippen LogP contribution in [-0.4, -0.2) is 34.8 Å². The number of thioether (sulfide) groups is 1. The normalized spacial score (nSPS) is 35.1. The van der Waals surface area contributed by atoms with E-state index in [-0.39, 0.29) is 5.92 Å². The second-order valence-corrected chi connectivity index (χ2v) is 4.09. The van der Waals surface area contributed by atoms with E-state index in [1.54, 1.807) is 18.7 Å². The maximum atomic E-state index is 11.3. The number of ether oxygens (including phenoxy) is 1. The van der Waals surface area contributed by atoms with Crippen molar-refractivity contribution in [2.75, 3.05) is 18.1 Å². The molecule has 0 aromatic rings. The summed E-state index contributed by atoms with van der Waals surface area (Å²) in [6.45, 7) is 3.95. The van der Waals surface area contributed by atoms with Gasteiger partial charge in [0, 0.05) is 11.7 Å². The van der Waals surface area contributed by atoms with Crippen LogP contribution in [0.2, 0.25) is 0 Å². The molecule has 0 aromatic carbocycles. The van der Waals surface area contributed by atoms with E-state index < -0.39 is 11.6 Å². The van der Waals surface area contributed by atoms with Crippen molar-refractivity contribution in [3.05, 3.63) is 0 Å². The van der Waals surface area contributed by atoms with Crippen molar-refractivity contribution in [1.82, 2.24) is 0 Å². The topological polar surface area (TPSA) is 46.5 Å². The lowest BCUT2D eigenvalue weighted by atomic mass is 9.93. The Labute approximate surface area is 76.5 Å². The van der Waals surface area contributed by atoms with E-state index in [4.69, 9.17) is 4.74 Å². The van der Waals surface area contributed by atoms with Crippen LogP contribution in [-0.2, 0) is 9.53 Å². The first-order valence-electron chi connectivity index (χ1n) is 4.08. The highest BCUT2D eigenvalue weighted by Crippen LogP contribution is 2.34. The van der Waals surface area contributed by atoms with Gasteiger partial charge in [-0.1, -0.05) is 6.92 Å². The highest BCUT2D eigenvalue weighted by Gasteiger charge is 2.46. The first-order chi connectivity index (χ1) is 5.61. The van der Waals surface area contributed by atoms with Crippen LogP contribution in [0.1, 0.15) is 13.8 Å². The maximum absolute atomic E-state index is 11.3. The van der Waals surface area contributed by atoms with Gasteiger partial charge in [0.2, 0.25) is 0 Å². The standard InChI is InChI=1S/C8H14O3S/c1-3-11-7(9)8(10)5-12-4-6(8)2/h6,10H,3-5H2,1-2H3. The molecule has 4 heteroatoms. The molecule has 70 valence electrons. The van der Waals surface area contributed by atoms with Crippen LogP contribution in [0.25, 0.3) is 0 Å². The van der Waals surface area contributed by atoms with E-state index in [1.807, 2.05) is 6.92 Å². The molecule has 12 heavy (non-hydrogen) atoms. The molecule has 1 saturated heterocycles. The molecule has 1 heterocycles. The predicted octanol–water partition coefficient (Wildman–Crippen LogP) is 0.663. The number of rotatable bonds is 2. The molecule has 1 rings (SSSR count). The van der Waals surface area contributed by atoms with Crippen LogP contribution >= 0.6 is 11.8 Å². The molecule has 2 unspecified atom stereocenters. The fraction of sp³-hybridized carbons (Fsp3) is 0.875. The molecule has 1 aliphatic rings. The Bertz CT molecular complexity index is 183. The fourth-order valence-corrected chi connectivity index (χ4v) is 2.65. The second kappa shape index (κ2) is 3.66. The van der Waals surface area contributed by atoms with Gasteiger partial charge in [0.1, 0.15) is 0 Å². The minimum atomic E-state index is -1.24. The highest BCUT2D eigenvalue weighted by molar-refractivity contribution is 7.99. The van der Waals surface area contributed by atoms with Crippen molar-refractivity contribution in [3.8, 4) is 0 Å². The quantitative estimate of drug-likeness (QED) is 0.650. The first kappa shape index (κ1) is 9.86. The molecule has 0 amide bonds. The number of esters is 1. The Kier molecular flexibility index (Phi) is 3.01. The summed E-state index contributed by atoms with van der Waals surface area (Å²) in [6, 6.07) is 0. The van der Waals surface area contributed by atoms with Crippen LogP contribution in [0, 0.1) is 5.92 Å². The molecular formula is C8H14O3S. The van der Waals surface area contributed by atoms with Crippen LogP contribution in [0.15, 0.2) is 0 Å². The monoisotopic (exact) mass is 190 g/mol. The predicted molar refractivity (Wildman–Crippen MR) is 48.1 cm³/mol. The molecule has 0 spiro atoms. The van der Waals surface area contributed by atoms with E-state index in [1.165, 1.54) is 0 Å². The van der Waals surface area contributed by atoms with Crippen LogP contribution in [0.5, 0.6) is 0 Å². The molecule has 0 aromatic heterocycles. The zero-order valence-electron chi connectivity index (χ0n) is 7.37. The zero-order valence-corrected chi connectivity index (χ0v) is 8.19. The van der Waals surface area contributed by atoms with E-state index in [0.29, 0.717) is 12.4 Å². The average Bonchev–Trinajstić information content (AvgIpc) is 2.34. The molecular weight excluding hydrogens is 176 g/mol. The SMILES string of the molecule is CCOC(=O)C1(O)CSCC1C. The minimum Gasteiger partial charge on any atom is -0.464 e. The van der Waals surface area contributed by atoms with Gasteiger partial charge in [-0.25, -0.2) is 4.79 Å². The second-order valence-electron chi connectivity index (χ2n) is 3.06. The molecule has 1 N–H and O–H groups in total. The van der Waals surface area contributed by atoms with Gasteiger partial charge in [0.25, 0.3) is 0 Å². The van der Waals surface area contributed by atoms with Gasteiger partial charge < -0.3 is 9.84 Å². The summed E-state index contributed by atoms with van der Waals surface area (Å²) in [4.78, 5) is 11.3. The van der Waals surface area contributed by atoms with Gasteiger partial charge in [-0.2, -0.15) is 11.8 Å². The lowest BCUT2D eigenvalue weighted by Gasteiger charge is -2.23. The minimum absolute atomic E-state index is 0.00144. The number of carbonyl (C=O) groups excluding carboxylic acids is 1. The molecule has 0 aliphatic carbocycles. The van der Waals surface area contributed by atoms with Gasteiger partial charge in [-0.3, -0.25) is 0 Å². The van der Waals surface area contributed by atoms with Crippen molar-refractivity contribution < 1.29 is 14.6 Å². The summed E-state index contributed by atoms with van der Waals surface area (Å²) < 4.78 is 4.80. The van der Waals surface area contributed by atoms with Crippen molar-refractivity contribution in [2.45, 2.75) is 19.4 Å². The summed E-state index contributed by atoms with van der Waals surface area (Å²) >= 11 is 1.59. The van der Waals surface area contributed by atoms with E-state index in [0.717, 1.165) is 5.75 Å². The summed E-state index contributed by atoms with van der Waals surface area (Å²) in [5.74, 6) is 0.825. The van der Waals surface area contributed by atoms with Crippen molar-refractivity contribution in [1.29, 1.82) is 0 Å². The molecule has 1 fully saturated rings. The smallest absolute Gasteiger partial charge is 0.339 e. The van der Waals surface area contributed by atoms with Crippen molar-refractivity contribution in [3.63, 3.8) is 0 Å².